The summed E-state index contributed by atoms with van der Waals surface area (Å²) >= 11 is 10.7. The molecule has 0 aromatic heterocycles. The minimum absolute atomic E-state index is 0.0524. The fourth-order valence-corrected chi connectivity index (χ4v) is 5.34. The van der Waals surface area contributed by atoms with Crippen LogP contribution in [0.1, 0.15) is 104 Å². The maximum absolute atomic E-state index is 12.2. The molecule has 0 saturated heterocycles. The summed E-state index contributed by atoms with van der Waals surface area (Å²) in [6.45, 7) is 8.18. The van der Waals surface area contributed by atoms with Gasteiger partial charge >= 0.3 is 0 Å². The SMILES string of the molecule is CC(=O)N(O)CCCCCNC(=O)CCC(=O)N(O)CCCCCNC(=O)CCC(=O)N(O)CCCCCNC(=S)Nc1ccc(NC(=S)NCC(C)C)cc1. The molecule has 0 spiro atoms. The number of nitrogens with one attached hydrogen (secondary N) is 6. The molecule has 0 unspecified atom stereocenters. The molecule has 0 radical (unpaired) electrons. The maximum Gasteiger partial charge on any atom is 0.246 e. The topological polar surface area (TPSA) is 228 Å². The number of unbranched alkanes of at least 4 members (excludes halogenated alkanes) is 6. The van der Waals surface area contributed by atoms with Gasteiger partial charge in [-0.05, 0) is 112 Å². The van der Waals surface area contributed by atoms with Crippen LogP contribution in [0, 0.1) is 5.92 Å². The number of amides is 5. The predicted octanol–water partition coefficient (Wildman–Crippen LogP) is 3.89. The van der Waals surface area contributed by atoms with Gasteiger partial charge in [-0.15, -0.1) is 0 Å². The molecule has 56 heavy (non-hydrogen) atoms. The van der Waals surface area contributed by atoms with Gasteiger partial charge in [0.2, 0.25) is 29.5 Å². The summed E-state index contributed by atoms with van der Waals surface area (Å²) in [5.41, 5.74) is 1.70. The zero-order valence-corrected chi connectivity index (χ0v) is 34.7. The zero-order chi connectivity index (χ0) is 41.7. The van der Waals surface area contributed by atoms with Crippen LogP contribution < -0.4 is 31.9 Å². The lowest BCUT2D eigenvalue weighted by atomic mass is 10.2. The molecule has 316 valence electrons. The molecule has 0 saturated carbocycles. The lowest BCUT2D eigenvalue weighted by molar-refractivity contribution is -0.166. The maximum atomic E-state index is 12.2. The molecule has 1 aromatic rings. The first-order valence-corrected chi connectivity index (χ1v) is 20.2. The highest BCUT2D eigenvalue weighted by Gasteiger charge is 2.14. The highest BCUT2D eigenvalue weighted by molar-refractivity contribution is 7.80. The minimum atomic E-state index is -0.558. The first-order chi connectivity index (χ1) is 26.7. The van der Waals surface area contributed by atoms with E-state index in [-0.39, 0.29) is 57.1 Å². The van der Waals surface area contributed by atoms with Crippen LogP contribution in [0.25, 0.3) is 0 Å². The zero-order valence-electron chi connectivity index (χ0n) is 33.1. The van der Waals surface area contributed by atoms with Crippen LogP contribution in [0.3, 0.4) is 0 Å². The van der Waals surface area contributed by atoms with Gasteiger partial charge in [0, 0.05) is 89.8 Å². The quantitative estimate of drug-likeness (QED) is 0.0253. The molecule has 0 aliphatic heterocycles. The van der Waals surface area contributed by atoms with E-state index in [2.05, 4.69) is 45.7 Å². The third-order valence-corrected chi connectivity index (χ3v) is 8.71. The van der Waals surface area contributed by atoms with Crippen molar-refractivity contribution in [3.05, 3.63) is 24.3 Å². The molecule has 1 aromatic carbocycles. The average molecular weight is 826 g/mol. The van der Waals surface area contributed by atoms with Gasteiger partial charge in [0.05, 0.1) is 0 Å². The molecular formula is C37H63N9O8S2. The number of carbonyl (C=O) groups excluding carboxylic acids is 5. The summed E-state index contributed by atoms with van der Waals surface area (Å²) < 4.78 is 0. The van der Waals surface area contributed by atoms with Gasteiger partial charge in [0.15, 0.2) is 10.2 Å². The number of carbonyl (C=O) groups is 5. The molecular weight excluding hydrogens is 763 g/mol. The fourth-order valence-electron chi connectivity index (χ4n) is 4.91. The molecule has 0 aliphatic carbocycles. The standard InChI is InChI=1S/C37H63N9O8S2/c1-28(2)27-41-37(56)43-31-15-13-30(14-16-31)42-36(55)40-23-9-6-12-26-46(54)35(51)20-18-33(49)39-22-8-5-11-25-45(53)34(50)19-17-32(48)38-21-7-4-10-24-44(52)29(3)47/h13-16,28,52-54H,4-12,17-27H2,1-3H3,(H,38,48)(H,39,49)(H2,40,42,55)(H2,41,43,56). The van der Waals surface area contributed by atoms with Gasteiger partial charge in [0.25, 0.3) is 0 Å². The first-order valence-electron chi connectivity index (χ1n) is 19.4. The summed E-state index contributed by atoms with van der Waals surface area (Å²) in [5.74, 6) is -1.63. The summed E-state index contributed by atoms with van der Waals surface area (Å²) in [6.07, 6.45) is 5.47. The van der Waals surface area contributed by atoms with Crippen molar-refractivity contribution in [2.24, 2.45) is 5.92 Å². The Kier molecular flexibility index (Phi) is 26.7. The first kappa shape index (κ1) is 49.8. The third kappa shape index (κ3) is 25.8. The van der Waals surface area contributed by atoms with E-state index in [1.54, 1.807) is 0 Å². The van der Waals surface area contributed by atoms with Crippen LogP contribution in [0.2, 0.25) is 0 Å². The van der Waals surface area contributed by atoms with Crippen LogP contribution in [-0.2, 0) is 24.0 Å². The predicted molar refractivity (Wildman–Crippen MR) is 222 cm³/mol. The Labute approximate surface area is 341 Å². The molecule has 0 atom stereocenters. The Morgan fingerprint density at radius 2 is 0.929 bits per heavy atom. The molecule has 0 aliphatic rings. The Hall–Kier alpha value is -4.17. The van der Waals surface area contributed by atoms with Crippen molar-refractivity contribution in [1.82, 2.24) is 36.5 Å². The number of hydroxylamine groups is 6. The van der Waals surface area contributed by atoms with Gasteiger partial charge < -0.3 is 31.9 Å². The van der Waals surface area contributed by atoms with E-state index in [9.17, 15) is 39.6 Å². The van der Waals surface area contributed by atoms with Gasteiger partial charge in [-0.25, -0.2) is 15.2 Å². The lowest BCUT2D eigenvalue weighted by Gasteiger charge is -2.15. The third-order valence-electron chi connectivity index (χ3n) is 8.21. The van der Waals surface area contributed by atoms with Gasteiger partial charge in [-0.1, -0.05) is 13.8 Å². The van der Waals surface area contributed by atoms with Gasteiger partial charge in [-0.3, -0.25) is 39.6 Å². The largest absolute Gasteiger partial charge is 0.362 e. The number of benzene rings is 1. The number of hydrogen-bond donors (Lipinski definition) is 9. The number of nitrogens with zero attached hydrogens (tertiary/aromatic N) is 3. The number of anilines is 2. The van der Waals surface area contributed by atoms with E-state index < -0.39 is 17.7 Å². The Morgan fingerprint density at radius 1 is 0.554 bits per heavy atom. The second-order valence-electron chi connectivity index (χ2n) is 13.7. The van der Waals surface area contributed by atoms with Crippen LogP contribution in [0.5, 0.6) is 0 Å². The number of hydrogen-bond acceptors (Lipinski definition) is 10. The van der Waals surface area contributed by atoms with Crippen LogP contribution in [-0.4, -0.2) is 116 Å². The van der Waals surface area contributed by atoms with Gasteiger partial charge in [0.1, 0.15) is 0 Å². The van der Waals surface area contributed by atoms with E-state index in [1.807, 2.05) is 24.3 Å². The Balaban J connectivity index is 2.04. The molecule has 17 nitrogen and oxygen atoms in total. The van der Waals surface area contributed by atoms with Crippen molar-refractivity contribution in [1.29, 1.82) is 0 Å². The van der Waals surface area contributed by atoms with Crippen molar-refractivity contribution in [3.8, 4) is 0 Å². The highest BCUT2D eigenvalue weighted by atomic mass is 32.1. The monoisotopic (exact) mass is 825 g/mol. The Morgan fingerprint density at radius 3 is 1.32 bits per heavy atom. The van der Waals surface area contributed by atoms with Crippen molar-refractivity contribution >= 4 is 75.6 Å². The summed E-state index contributed by atoms with van der Waals surface area (Å²) in [7, 11) is 0. The second kappa shape index (κ2) is 30.0. The Bertz CT molecular complexity index is 1370. The minimum Gasteiger partial charge on any atom is -0.362 e. The van der Waals surface area contributed by atoms with E-state index in [0.29, 0.717) is 95.9 Å². The van der Waals surface area contributed by atoms with Crippen molar-refractivity contribution in [3.63, 3.8) is 0 Å². The summed E-state index contributed by atoms with van der Waals surface area (Å²) in [6, 6.07) is 7.60. The molecule has 1 rings (SSSR count). The molecule has 0 fully saturated rings. The van der Waals surface area contributed by atoms with Crippen molar-refractivity contribution in [2.75, 3.05) is 56.4 Å². The second-order valence-corrected chi connectivity index (χ2v) is 14.6. The van der Waals surface area contributed by atoms with Crippen molar-refractivity contribution < 1.29 is 39.6 Å². The van der Waals surface area contributed by atoms with E-state index in [1.165, 1.54) is 6.92 Å². The highest BCUT2D eigenvalue weighted by Crippen LogP contribution is 2.13. The molecule has 19 heteroatoms. The van der Waals surface area contributed by atoms with E-state index in [0.717, 1.165) is 30.8 Å². The normalized spacial score (nSPS) is 10.6. The van der Waals surface area contributed by atoms with Crippen LogP contribution >= 0.6 is 24.4 Å². The van der Waals surface area contributed by atoms with E-state index in [4.69, 9.17) is 24.4 Å². The van der Waals surface area contributed by atoms with E-state index >= 15 is 0 Å². The molecule has 9 N–H and O–H groups in total. The molecule has 5 amide bonds. The smallest absolute Gasteiger partial charge is 0.246 e. The average Bonchev–Trinajstić information content (AvgIpc) is 3.16. The van der Waals surface area contributed by atoms with Gasteiger partial charge in [-0.2, -0.15) is 0 Å². The summed E-state index contributed by atoms with van der Waals surface area (Å²) in [5, 5.41) is 50.3. The number of thiocarbonyl (C=S) groups is 2. The molecule has 0 heterocycles. The number of rotatable bonds is 28. The fraction of sp³-hybridized carbons (Fsp3) is 0.649. The van der Waals surface area contributed by atoms with Crippen molar-refractivity contribution in [2.45, 2.75) is 104 Å². The lowest BCUT2D eigenvalue weighted by Crippen LogP contribution is -2.32. The molecule has 0 bridgehead atoms. The van der Waals surface area contributed by atoms with Crippen LogP contribution in [0.15, 0.2) is 24.3 Å². The van der Waals surface area contributed by atoms with Crippen LogP contribution in [0.4, 0.5) is 11.4 Å². The summed E-state index contributed by atoms with van der Waals surface area (Å²) in [4.78, 5) is 59.4.